The lowest BCUT2D eigenvalue weighted by atomic mass is 9.85. The molecule has 0 aliphatic carbocycles. The number of nitrogens with one attached hydrogen (secondary N) is 1. The highest BCUT2D eigenvalue weighted by atomic mass is 16.1. The van der Waals surface area contributed by atoms with Crippen molar-refractivity contribution in [2.45, 2.75) is 12.3 Å². The minimum absolute atomic E-state index is 0.106. The fourth-order valence-corrected chi connectivity index (χ4v) is 4.25. The van der Waals surface area contributed by atoms with E-state index >= 15 is 0 Å². The fourth-order valence-electron chi connectivity index (χ4n) is 4.25. The molecule has 170 valence electrons. The SMILES string of the molecule is O=C(Nc1ccccn1)c1cccc(-c2ccccc2CC(c2cccnc2)c2cccnc2)c1. The third-order valence-corrected chi connectivity index (χ3v) is 5.96. The molecule has 0 bridgehead atoms. The number of aromatic nitrogens is 3. The molecule has 5 heteroatoms. The van der Waals surface area contributed by atoms with E-state index in [2.05, 4.69) is 50.6 Å². The van der Waals surface area contributed by atoms with Gasteiger partial charge in [0.25, 0.3) is 5.91 Å². The van der Waals surface area contributed by atoms with Crippen molar-refractivity contribution < 1.29 is 4.79 Å². The van der Waals surface area contributed by atoms with Crippen molar-refractivity contribution >= 4 is 11.7 Å². The van der Waals surface area contributed by atoms with Crippen molar-refractivity contribution in [3.8, 4) is 11.1 Å². The number of pyridine rings is 3. The van der Waals surface area contributed by atoms with Crippen LogP contribution in [-0.4, -0.2) is 20.9 Å². The van der Waals surface area contributed by atoms with E-state index in [9.17, 15) is 4.79 Å². The van der Waals surface area contributed by atoms with E-state index in [1.54, 1.807) is 24.7 Å². The van der Waals surface area contributed by atoms with E-state index in [4.69, 9.17) is 0 Å². The molecule has 0 atom stereocenters. The first-order chi connectivity index (χ1) is 17.3. The van der Waals surface area contributed by atoms with E-state index in [0.29, 0.717) is 11.4 Å². The van der Waals surface area contributed by atoms with E-state index in [1.807, 2.05) is 67.0 Å². The average Bonchev–Trinajstić information content (AvgIpc) is 2.93. The Bertz CT molecular complexity index is 1370. The number of rotatable bonds is 7. The Balaban J connectivity index is 1.47. The van der Waals surface area contributed by atoms with Crippen LogP contribution in [0.2, 0.25) is 0 Å². The van der Waals surface area contributed by atoms with E-state index in [1.165, 1.54) is 5.56 Å². The zero-order valence-corrected chi connectivity index (χ0v) is 19.1. The van der Waals surface area contributed by atoms with Crippen LogP contribution in [-0.2, 0) is 6.42 Å². The quantitative estimate of drug-likeness (QED) is 0.318. The first-order valence-corrected chi connectivity index (χ1v) is 11.5. The summed E-state index contributed by atoms with van der Waals surface area (Å²) in [5, 5.41) is 2.86. The normalized spacial score (nSPS) is 10.8. The van der Waals surface area contributed by atoms with Gasteiger partial charge in [0.2, 0.25) is 0 Å². The lowest BCUT2D eigenvalue weighted by Crippen LogP contribution is -2.12. The lowest BCUT2D eigenvalue weighted by Gasteiger charge is -2.20. The average molecular weight is 457 g/mol. The number of carbonyl (C=O) groups is 1. The van der Waals surface area contributed by atoms with Crippen LogP contribution in [0.25, 0.3) is 11.1 Å². The molecule has 5 nitrogen and oxygen atoms in total. The molecule has 1 N–H and O–H groups in total. The highest BCUT2D eigenvalue weighted by molar-refractivity contribution is 6.04. The van der Waals surface area contributed by atoms with Gasteiger partial charge in [-0.2, -0.15) is 0 Å². The van der Waals surface area contributed by atoms with Crippen molar-refractivity contribution in [1.29, 1.82) is 0 Å². The topological polar surface area (TPSA) is 67.8 Å². The van der Waals surface area contributed by atoms with Crippen LogP contribution in [0, 0.1) is 0 Å². The van der Waals surface area contributed by atoms with E-state index < -0.39 is 0 Å². The summed E-state index contributed by atoms with van der Waals surface area (Å²) in [6, 6.07) is 29.6. The number of anilines is 1. The molecule has 2 aromatic carbocycles. The number of hydrogen-bond donors (Lipinski definition) is 1. The van der Waals surface area contributed by atoms with Crippen LogP contribution in [0.5, 0.6) is 0 Å². The summed E-state index contributed by atoms with van der Waals surface area (Å²) in [4.78, 5) is 25.7. The first-order valence-electron chi connectivity index (χ1n) is 11.5. The second kappa shape index (κ2) is 10.5. The van der Waals surface area contributed by atoms with Gasteiger partial charge in [-0.25, -0.2) is 4.98 Å². The second-order valence-electron chi connectivity index (χ2n) is 8.24. The van der Waals surface area contributed by atoms with Gasteiger partial charge < -0.3 is 5.32 Å². The molecule has 0 fully saturated rings. The Morgan fingerprint density at radius 3 is 2.17 bits per heavy atom. The lowest BCUT2D eigenvalue weighted by molar-refractivity contribution is 0.102. The van der Waals surface area contributed by atoms with Crippen LogP contribution in [0.1, 0.15) is 33.0 Å². The summed E-state index contributed by atoms with van der Waals surface area (Å²) in [5.74, 6) is 0.444. The summed E-state index contributed by atoms with van der Waals surface area (Å²) in [5.41, 5.74) is 6.13. The van der Waals surface area contributed by atoms with Gasteiger partial charge in [0.1, 0.15) is 5.82 Å². The predicted molar refractivity (Wildman–Crippen MR) is 138 cm³/mol. The molecular weight excluding hydrogens is 432 g/mol. The predicted octanol–water partition coefficient (Wildman–Crippen LogP) is 6.17. The molecule has 3 aromatic heterocycles. The van der Waals surface area contributed by atoms with Crippen LogP contribution < -0.4 is 5.32 Å². The monoisotopic (exact) mass is 456 g/mol. The summed E-state index contributed by atoms with van der Waals surface area (Å²) in [7, 11) is 0. The van der Waals surface area contributed by atoms with Crippen molar-refractivity contribution in [1.82, 2.24) is 15.0 Å². The maximum absolute atomic E-state index is 12.9. The van der Waals surface area contributed by atoms with E-state index in [0.717, 1.165) is 28.7 Å². The zero-order chi connectivity index (χ0) is 23.9. The van der Waals surface area contributed by atoms with Gasteiger partial charge in [0.05, 0.1) is 0 Å². The molecular formula is C30H24N4O. The van der Waals surface area contributed by atoms with Gasteiger partial charge in [-0.15, -0.1) is 0 Å². The third kappa shape index (κ3) is 5.31. The number of nitrogens with zero attached hydrogens (tertiary/aromatic N) is 3. The Morgan fingerprint density at radius 2 is 1.49 bits per heavy atom. The van der Waals surface area contributed by atoms with Crippen molar-refractivity contribution in [3.05, 3.63) is 144 Å². The van der Waals surface area contributed by atoms with Crippen LogP contribution in [0.15, 0.2) is 122 Å². The van der Waals surface area contributed by atoms with Crippen LogP contribution in [0.3, 0.4) is 0 Å². The Kier molecular flexibility index (Phi) is 6.67. The zero-order valence-electron chi connectivity index (χ0n) is 19.1. The van der Waals surface area contributed by atoms with Gasteiger partial charge in [0.15, 0.2) is 0 Å². The maximum Gasteiger partial charge on any atom is 0.256 e. The van der Waals surface area contributed by atoms with Crippen LogP contribution >= 0.6 is 0 Å². The summed E-state index contributed by atoms with van der Waals surface area (Å²) in [6.45, 7) is 0. The molecule has 0 aliphatic heterocycles. The molecule has 0 aliphatic rings. The maximum atomic E-state index is 12.9. The molecule has 0 saturated heterocycles. The van der Waals surface area contributed by atoms with Gasteiger partial charge in [-0.05, 0) is 70.6 Å². The summed E-state index contributed by atoms with van der Waals surface area (Å²) in [6.07, 6.45) is 9.85. The minimum atomic E-state index is -0.188. The smallest absolute Gasteiger partial charge is 0.256 e. The number of carbonyl (C=O) groups excluding carboxylic acids is 1. The molecule has 0 saturated carbocycles. The van der Waals surface area contributed by atoms with Crippen molar-refractivity contribution in [2.24, 2.45) is 0 Å². The Hall–Kier alpha value is -4.64. The number of amides is 1. The Labute approximate surface area is 204 Å². The highest BCUT2D eigenvalue weighted by Gasteiger charge is 2.18. The third-order valence-electron chi connectivity index (χ3n) is 5.96. The van der Waals surface area contributed by atoms with Gasteiger partial charge in [-0.3, -0.25) is 14.8 Å². The van der Waals surface area contributed by atoms with Gasteiger partial charge >= 0.3 is 0 Å². The number of benzene rings is 2. The summed E-state index contributed by atoms with van der Waals surface area (Å²) < 4.78 is 0. The highest BCUT2D eigenvalue weighted by Crippen LogP contribution is 2.32. The minimum Gasteiger partial charge on any atom is -0.307 e. The fraction of sp³-hybridized carbons (Fsp3) is 0.0667. The summed E-state index contributed by atoms with van der Waals surface area (Å²) >= 11 is 0. The molecule has 35 heavy (non-hydrogen) atoms. The number of hydrogen-bond acceptors (Lipinski definition) is 4. The molecule has 5 aromatic rings. The van der Waals surface area contributed by atoms with Crippen molar-refractivity contribution in [2.75, 3.05) is 5.32 Å². The van der Waals surface area contributed by atoms with E-state index in [-0.39, 0.29) is 11.8 Å². The van der Waals surface area contributed by atoms with Gasteiger partial charge in [-0.1, -0.05) is 54.6 Å². The van der Waals surface area contributed by atoms with Crippen molar-refractivity contribution in [3.63, 3.8) is 0 Å². The standard InChI is InChI=1S/C30H24N4O/c35-30(34-29-14-3-4-17-33-29)24-10-5-9-22(18-24)27-13-2-1-8-23(27)19-28(25-11-6-15-31-20-25)26-12-7-16-32-21-26/h1-18,20-21,28H,19H2,(H,33,34,35). The molecule has 0 radical (unpaired) electrons. The van der Waals surface area contributed by atoms with Gasteiger partial charge in [0, 0.05) is 42.5 Å². The molecule has 3 heterocycles. The molecule has 1 amide bonds. The molecule has 5 rings (SSSR count). The Morgan fingerprint density at radius 1 is 0.743 bits per heavy atom. The molecule has 0 spiro atoms. The largest absolute Gasteiger partial charge is 0.307 e. The first kappa shape index (κ1) is 22.2. The second-order valence-corrected chi connectivity index (χ2v) is 8.24. The van der Waals surface area contributed by atoms with Crippen LogP contribution in [0.4, 0.5) is 5.82 Å². The molecule has 0 unspecified atom stereocenters.